The molecule has 5 nitrogen and oxygen atoms in total. The molecule has 1 aromatic carbocycles. The van der Waals surface area contributed by atoms with Crippen molar-refractivity contribution in [2.45, 2.75) is 44.1 Å². The number of hydrogen-bond acceptors (Lipinski definition) is 4. The standard InChI is InChI=1S/C20H32N4O/c21-20(10-5-2-6-11-20)19(25)22-12-7-13-23-14-16-24(17-15-23)18-8-3-1-4-9-18/h1,3-4,8-9H,2,5-7,10-17,21H2,(H,22,25). The highest BCUT2D eigenvalue weighted by molar-refractivity contribution is 5.86. The van der Waals surface area contributed by atoms with Gasteiger partial charge in [-0.15, -0.1) is 0 Å². The number of anilines is 1. The number of benzene rings is 1. The average Bonchev–Trinajstić information content (AvgIpc) is 2.67. The molecule has 1 aliphatic carbocycles. The second kappa shape index (κ2) is 8.68. The zero-order valence-electron chi connectivity index (χ0n) is 15.3. The molecule has 1 saturated heterocycles. The number of nitrogens with two attached hydrogens (primary N) is 1. The molecule has 138 valence electrons. The fraction of sp³-hybridized carbons (Fsp3) is 0.650. The Morgan fingerprint density at radius 3 is 2.40 bits per heavy atom. The maximum absolute atomic E-state index is 12.3. The van der Waals surface area contributed by atoms with Crippen molar-refractivity contribution in [1.82, 2.24) is 10.2 Å². The summed E-state index contributed by atoms with van der Waals surface area (Å²) in [6.45, 7) is 6.09. The van der Waals surface area contributed by atoms with E-state index in [1.807, 2.05) is 0 Å². The Morgan fingerprint density at radius 1 is 1.04 bits per heavy atom. The van der Waals surface area contributed by atoms with Gasteiger partial charge in [0, 0.05) is 38.4 Å². The van der Waals surface area contributed by atoms with Crippen LogP contribution in [-0.2, 0) is 4.79 Å². The third kappa shape index (κ3) is 4.95. The quantitative estimate of drug-likeness (QED) is 0.775. The summed E-state index contributed by atoms with van der Waals surface area (Å²) in [4.78, 5) is 17.2. The largest absolute Gasteiger partial charge is 0.369 e. The van der Waals surface area contributed by atoms with Crippen molar-refractivity contribution in [3.63, 3.8) is 0 Å². The van der Waals surface area contributed by atoms with Gasteiger partial charge in [0.05, 0.1) is 5.54 Å². The number of amides is 1. The summed E-state index contributed by atoms with van der Waals surface area (Å²) < 4.78 is 0. The number of para-hydroxylation sites is 1. The summed E-state index contributed by atoms with van der Waals surface area (Å²) in [6.07, 6.45) is 6.03. The molecule has 1 aliphatic heterocycles. The molecule has 0 atom stereocenters. The predicted molar refractivity (Wildman–Crippen MR) is 103 cm³/mol. The highest BCUT2D eigenvalue weighted by Gasteiger charge is 2.34. The molecule has 0 radical (unpaired) electrons. The van der Waals surface area contributed by atoms with Crippen LogP contribution in [0.25, 0.3) is 0 Å². The monoisotopic (exact) mass is 344 g/mol. The summed E-state index contributed by atoms with van der Waals surface area (Å²) in [5, 5.41) is 3.07. The molecule has 25 heavy (non-hydrogen) atoms. The smallest absolute Gasteiger partial charge is 0.240 e. The lowest BCUT2D eigenvalue weighted by molar-refractivity contribution is -0.127. The van der Waals surface area contributed by atoms with E-state index in [0.717, 1.165) is 71.4 Å². The summed E-state index contributed by atoms with van der Waals surface area (Å²) in [5.74, 6) is 0.0566. The molecular formula is C20H32N4O. The van der Waals surface area contributed by atoms with Crippen LogP contribution in [0.2, 0.25) is 0 Å². The molecule has 3 N–H and O–H groups in total. The first kappa shape index (κ1) is 18.2. The van der Waals surface area contributed by atoms with E-state index >= 15 is 0 Å². The second-order valence-corrected chi connectivity index (χ2v) is 7.49. The van der Waals surface area contributed by atoms with Crippen LogP contribution in [0.3, 0.4) is 0 Å². The van der Waals surface area contributed by atoms with Gasteiger partial charge in [0.25, 0.3) is 0 Å². The minimum Gasteiger partial charge on any atom is -0.369 e. The summed E-state index contributed by atoms with van der Waals surface area (Å²) in [6, 6.07) is 10.6. The van der Waals surface area contributed by atoms with Crippen LogP contribution < -0.4 is 16.0 Å². The maximum atomic E-state index is 12.3. The number of carbonyl (C=O) groups excluding carboxylic acids is 1. The molecule has 1 heterocycles. The molecule has 1 amide bonds. The van der Waals surface area contributed by atoms with E-state index in [-0.39, 0.29) is 5.91 Å². The molecule has 0 unspecified atom stereocenters. The van der Waals surface area contributed by atoms with Crippen molar-refractivity contribution in [2.75, 3.05) is 44.2 Å². The Labute approximate surface area is 151 Å². The number of rotatable bonds is 6. The molecule has 1 aromatic rings. The van der Waals surface area contributed by atoms with Crippen LogP contribution in [0.1, 0.15) is 38.5 Å². The molecule has 1 saturated carbocycles. The van der Waals surface area contributed by atoms with E-state index in [1.165, 1.54) is 12.1 Å². The number of piperazine rings is 1. The van der Waals surface area contributed by atoms with Gasteiger partial charge in [0.2, 0.25) is 5.91 Å². The molecule has 2 aliphatic rings. The van der Waals surface area contributed by atoms with Gasteiger partial charge >= 0.3 is 0 Å². The summed E-state index contributed by atoms with van der Waals surface area (Å²) >= 11 is 0. The van der Waals surface area contributed by atoms with Crippen LogP contribution in [-0.4, -0.2) is 55.6 Å². The van der Waals surface area contributed by atoms with Crippen molar-refractivity contribution < 1.29 is 4.79 Å². The molecule has 0 spiro atoms. The second-order valence-electron chi connectivity index (χ2n) is 7.49. The molecule has 5 heteroatoms. The summed E-state index contributed by atoms with van der Waals surface area (Å²) in [7, 11) is 0. The van der Waals surface area contributed by atoms with Gasteiger partial charge in [-0.2, -0.15) is 0 Å². The highest BCUT2D eigenvalue weighted by Crippen LogP contribution is 2.25. The molecular weight excluding hydrogens is 312 g/mol. The van der Waals surface area contributed by atoms with Crippen LogP contribution >= 0.6 is 0 Å². The van der Waals surface area contributed by atoms with Crippen molar-refractivity contribution in [3.8, 4) is 0 Å². The first-order valence-corrected chi connectivity index (χ1v) is 9.77. The van der Waals surface area contributed by atoms with Crippen molar-refractivity contribution in [3.05, 3.63) is 30.3 Å². The normalized spacial score (nSPS) is 21.1. The number of hydrogen-bond donors (Lipinski definition) is 2. The fourth-order valence-corrected chi connectivity index (χ4v) is 3.96. The number of nitrogens with one attached hydrogen (secondary N) is 1. The van der Waals surface area contributed by atoms with Gasteiger partial charge in [0.1, 0.15) is 0 Å². The van der Waals surface area contributed by atoms with Crippen molar-refractivity contribution in [1.29, 1.82) is 0 Å². The zero-order valence-corrected chi connectivity index (χ0v) is 15.3. The van der Waals surface area contributed by atoms with Gasteiger partial charge in [-0.1, -0.05) is 37.5 Å². The van der Waals surface area contributed by atoms with E-state index in [1.54, 1.807) is 0 Å². The minimum absolute atomic E-state index is 0.0566. The van der Waals surface area contributed by atoms with E-state index < -0.39 is 5.54 Å². The molecule has 2 fully saturated rings. The van der Waals surface area contributed by atoms with Gasteiger partial charge < -0.3 is 16.0 Å². The van der Waals surface area contributed by atoms with Crippen molar-refractivity contribution in [2.24, 2.45) is 5.73 Å². The van der Waals surface area contributed by atoms with E-state index in [2.05, 4.69) is 45.4 Å². The first-order chi connectivity index (χ1) is 12.2. The third-order valence-electron chi connectivity index (χ3n) is 5.63. The van der Waals surface area contributed by atoms with E-state index in [4.69, 9.17) is 5.73 Å². The van der Waals surface area contributed by atoms with Crippen LogP contribution in [0.15, 0.2) is 30.3 Å². The average molecular weight is 345 g/mol. The van der Waals surface area contributed by atoms with Crippen LogP contribution in [0.4, 0.5) is 5.69 Å². The Bertz CT molecular complexity index is 534. The Kier molecular flexibility index (Phi) is 6.32. The van der Waals surface area contributed by atoms with E-state index in [9.17, 15) is 4.79 Å². The lowest BCUT2D eigenvalue weighted by atomic mass is 9.82. The summed E-state index contributed by atoms with van der Waals surface area (Å²) in [5.41, 5.74) is 6.97. The van der Waals surface area contributed by atoms with Crippen LogP contribution in [0, 0.1) is 0 Å². The minimum atomic E-state index is -0.612. The maximum Gasteiger partial charge on any atom is 0.240 e. The third-order valence-corrected chi connectivity index (χ3v) is 5.63. The molecule has 0 bridgehead atoms. The Hall–Kier alpha value is -1.59. The van der Waals surface area contributed by atoms with Gasteiger partial charge in [-0.05, 0) is 37.9 Å². The van der Waals surface area contributed by atoms with E-state index in [0.29, 0.717) is 0 Å². The Balaban J connectivity index is 1.32. The number of nitrogens with zero attached hydrogens (tertiary/aromatic N) is 2. The zero-order chi connectivity index (χ0) is 17.5. The number of carbonyl (C=O) groups is 1. The Morgan fingerprint density at radius 2 is 1.72 bits per heavy atom. The van der Waals surface area contributed by atoms with Gasteiger partial charge in [-0.3, -0.25) is 9.69 Å². The fourth-order valence-electron chi connectivity index (χ4n) is 3.96. The van der Waals surface area contributed by atoms with Gasteiger partial charge in [-0.25, -0.2) is 0 Å². The lowest BCUT2D eigenvalue weighted by Crippen LogP contribution is -2.55. The van der Waals surface area contributed by atoms with Crippen molar-refractivity contribution >= 4 is 11.6 Å². The predicted octanol–water partition coefficient (Wildman–Crippen LogP) is 1.98. The first-order valence-electron chi connectivity index (χ1n) is 9.77. The lowest BCUT2D eigenvalue weighted by Gasteiger charge is -2.36. The van der Waals surface area contributed by atoms with Crippen LogP contribution in [0.5, 0.6) is 0 Å². The topological polar surface area (TPSA) is 61.6 Å². The molecule has 3 rings (SSSR count). The SMILES string of the molecule is NC1(C(=O)NCCCN2CCN(c3ccccc3)CC2)CCCCC1. The van der Waals surface area contributed by atoms with Gasteiger partial charge in [0.15, 0.2) is 0 Å². The molecule has 0 aromatic heterocycles. The highest BCUT2D eigenvalue weighted by atomic mass is 16.2.